The Hall–Kier alpha value is -1.37. The molecule has 0 heterocycles. The fraction of sp³-hybridized carbons (Fsp3) is 0. The first-order chi connectivity index (χ1) is 6.15. The molecule has 0 saturated carbocycles. The van der Waals surface area contributed by atoms with Crippen LogP contribution in [0.25, 0.3) is 0 Å². The molecule has 0 spiro atoms. The zero-order valence-electron chi connectivity index (χ0n) is 6.77. The molecule has 6 heteroatoms. The average molecular weight is 180 g/mol. The molecule has 13 heavy (non-hydrogen) atoms. The van der Waals surface area contributed by atoms with E-state index in [0.29, 0.717) is 0 Å². The van der Waals surface area contributed by atoms with Gasteiger partial charge in [-0.2, -0.15) is 0 Å². The van der Waals surface area contributed by atoms with Crippen LogP contribution in [0.3, 0.4) is 0 Å². The SMILES string of the molecule is NNC(=O)c1cccc(B(O)O)c1. The van der Waals surface area contributed by atoms with Gasteiger partial charge < -0.3 is 10.0 Å². The monoisotopic (exact) mass is 180 g/mol. The quantitative estimate of drug-likeness (QED) is 0.182. The Bertz CT molecular complexity index is 316. The van der Waals surface area contributed by atoms with E-state index in [4.69, 9.17) is 15.9 Å². The lowest BCUT2D eigenvalue weighted by molar-refractivity contribution is 0.0953. The summed E-state index contributed by atoms with van der Waals surface area (Å²) in [5.74, 6) is 4.44. The Balaban J connectivity index is 2.98. The summed E-state index contributed by atoms with van der Waals surface area (Å²) >= 11 is 0. The number of carbonyl (C=O) groups excluding carboxylic acids is 1. The number of nitrogens with two attached hydrogens (primary N) is 1. The average Bonchev–Trinajstić information content (AvgIpc) is 2.17. The topological polar surface area (TPSA) is 95.6 Å². The lowest BCUT2D eigenvalue weighted by Crippen LogP contribution is -2.33. The summed E-state index contributed by atoms with van der Waals surface area (Å²) in [5, 5.41) is 17.6. The van der Waals surface area contributed by atoms with Crippen LogP contribution in [0.5, 0.6) is 0 Å². The minimum Gasteiger partial charge on any atom is -0.423 e. The molecule has 0 saturated heterocycles. The largest absolute Gasteiger partial charge is 0.488 e. The van der Waals surface area contributed by atoms with Gasteiger partial charge in [0, 0.05) is 5.56 Å². The standard InChI is InChI=1S/C7H9BN2O3/c9-10-7(11)5-2-1-3-6(4-5)8(12)13/h1-4,12-13H,9H2,(H,10,11). The van der Waals surface area contributed by atoms with Gasteiger partial charge >= 0.3 is 7.12 Å². The molecular formula is C7H9BN2O3. The number of hydrazine groups is 1. The van der Waals surface area contributed by atoms with Gasteiger partial charge in [0.05, 0.1) is 0 Å². The fourth-order valence-corrected chi connectivity index (χ4v) is 0.924. The summed E-state index contributed by atoms with van der Waals surface area (Å²) in [6, 6.07) is 5.91. The summed E-state index contributed by atoms with van der Waals surface area (Å²) in [6.07, 6.45) is 0. The first kappa shape index (κ1) is 9.72. The van der Waals surface area contributed by atoms with Crippen molar-refractivity contribution in [3.8, 4) is 0 Å². The van der Waals surface area contributed by atoms with Crippen LogP contribution >= 0.6 is 0 Å². The van der Waals surface area contributed by atoms with Gasteiger partial charge in [0.1, 0.15) is 0 Å². The molecule has 0 atom stereocenters. The number of nitrogen functional groups attached to an aromatic ring is 1. The maximum Gasteiger partial charge on any atom is 0.488 e. The van der Waals surface area contributed by atoms with E-state index in [1.807, 2.05) is 5.43 Å². The van der Waals surface area contributed by atoms with Crippen molar-refractivity contribution in [2.24, 2.45) is 5.84 Å². The molecule has 5 N–H and O–H groups in total. The molecule has 0 unspecified atom stereocenters. The highest BCUT2D eigenvalue weighted by Gasteiger charge is 2.12. The van der Waals surface area contributed by atoms with Crippen LogP contribution in [0.2, 0.25) is 0 Å². The molecule has 0 aliphatic heterocycles. The second kappa shape index (κ2) is 4.04. The van der Waals surface area contributed by atoms with E-state index < -0.39 is 13.0 Å². The lowest BCUT2D eigenvalue weighted by Gasteiger charge is -2.02. The molecule has 0 radical (unpaired) electrons. The Kier molecular flexibility index (Phi) is 3.02. The fourth-order valence-electron chi connectivity index (χ4n) is 0.924. The number of benzene rings is 1. The number of amides is 1. The van der Waals surface area contributed by atoms with Crippen LogP contribution < -0.4 is 16.7 Å². The molecule has 1 aromatic rings. The predicted molar refractivity (Wildman–Crippen MR) is 47.9 cm³/mol. The molecule has 0 aromatic heterocycles. The summed E-state index contributed by atoms with van der Waals surface area (Å²) in [5.41, 5.74) is 2.48. The molecule has 1 rings (SSSR count). The molecule has 0 bridgehead atoms. The third-order valence-electron chi connectivity index (χ3n) is 1.58. The minimum absolute atomic E-state index is 0.251. The molecule has 1 amide bonds. The Morgan fingerprint density at radius 2 is 2.15 bits per heavy atom. The predicted octanol–water partition coefficient (Wildman–Crippen LogP) is -2.03. The summed E-state index contributed by atoms with van der Waals surface area (Å²) in [6.45, 7) is 0. The van der Waals surface area contributed by atoms with Gasteiger partial charge in [-0.3, -0.25) is 10.2 Å². The van der Waals surface area contributed by atoms with Crippen molar-refractivity contribution in [2.75, 3.05) is 0 Å². The Morgan fingerprint density at radius 1 is 1.46 bits per heavy atom. The number of carbonyl (C=O) groups is 1. The number of rotatable bonds is 2. The molecule has 1 aromatic carbocycles. The molecule has 5 nitrogen and oxygen atoms in total. The van der Waals surface area contributed by atoms with Crippen LogP contribution in [0, 0.1) is 0 Å². The Labute approximate surface area is 75.3 Å². The van der Waals surface area contributed by atoms with Crippen molar-refractivity contribution in [1.29, 1.82) is 0 Å². The first-order valence-corrected chi connectivity index (χ1v) is 3.62. The van der Waals surface area contributed by atoms with Crippen molar-refractivity contribution in [1.82, 2.24) is 5.43 Å². The van der Waals surface area contributed by atoms with Crippen molar-refractivity contribution in [3.63, 3.8) is 0 Å². The van der Waals surface area contributed by atoms with Gasteiger partial charge in [-0.1, -0.05) is 12.1 Å². The Morgan fingerprint density at radius 3 is 2.69 bits per heavy atom. The van der Waals surface area contributed by atoms with E-state index in [0.717, 1.165) is 0 Å². The van der Waals surface area contributed by atoms with Crippen LogP contribution in [-0.2, 0) is 0 Å². The zero-order chi connectivity index (χ0) is 9.84. The molecular weight excluding hydrogens is 171 g/mol. The van der Waals surface area contributed by atoms with Crippen molar-refractivity contribution in [2.45, 2.75) is 0 Å². The highest BCUT2D eigenvalue weighted by atomic mass is 16.4. The van der Waals surface area contributed by atoms with E-state index in [1.54, 1.807) is 6.07 Å². The second-order valence-electron chi connectivity index (χ2n) is 2.47. The van der Waals surface area contributed by atoms with Crippen molar-refractivity contribution in [3.05, 3.63) is 29.8 Å². The van der Waals surface area contributed by atoms with Crippen LogP contribution in [0.4, 0.5) is 0 Å². The van der Waals surface area contributed by atoms with Gasteiger partial charge in [-0.25, -0.2) is 5.84 Å². The molecule has 0 aliphatic rings. The lowest BCUT2D eigenvalue weighted by atomic mass is 9.79. The third kappa shape index (κ3) is 2.28. The first-order valence-electron chi connectivity index (χ1n) is 3.62. The van der Waals surface area contributed by atoms with Crippen molar-refractivity contribution >= 4 is 18.5 Å². The van der Waals surface area contributed by atoms with Crippen LogP contribution in [0.1, 0.15) is 10.4 Å². The maximum atomic E-state index is 11.0. The summed E-state index contributed by atoms with van der Waals surface area (Å²) in [7, 11) is -1.58. The number of nitrogens with one attached hydrogen (secondary N) is 1. The molecule has 0 fully saturated rings. The smallest absolute Gasteiger partial charge is 0.423 e. The summed E-state index contributed by atoms with van der Waals surface area (Å²) in [4.78, 5) is 11.0. The van der Waals surface area contributed by atoms with E-state index in [-0.39, 0.29) is 11.0 Å². The number of hydrogen-bond donors (Lipinski definition) is 4. The van der Waals surface area contributed by atoms with E-state index in [1.165, 1.54) is 18.2 Å². The molecule has 0 aliphatic carbocycles. The molecule has 68 valence electrons. The van der Waals surface area contributed by atoms with Gasteiger partial charge in [-0.05, 0) is 17.6 Å². The van der Waals surface area contributed by atoms with Gasteiger partial charge in [0.25, 0.3) is 5.91 Å². The van der Waals surface area contributed by atoms with Gasteiger partial charge in [0.2, 0.25) is 0 Å². The highest BCUT2D eigenvalue weighted by molar-refractivity contribution is 6.58. The van der Waals surface area contributed by atoms with E-state index in [2.05, 4.69) is 0 Å². The van der Waals surface area contributed by atoms with E-state index in [9.17, 15) is 4.79 Å². The maximum absolute atomic E-state index is 11.0. The third-order valence-corrected chi connectivity index (χ3v) is 1.58. The van der Waals surface area contributed by atoms with Crippen LogP contribution in [0.15, 0.2) is 24.3 Å². The van der Waals surface area contributed by atoms with Crippen molar-refractivity contribution < 1.29 is 14.8 Å². The highest BCUT2D eigenvalue weighted by Crippen LogP contribution is 1.95. The second-order valence-corrected chi connectivity index (χ2v) is 2.47. The van der Waals surface area contributed by atoms with Gasteiger partial charge in [-0.15, -0.1) is 0 Å². The van der Waals surface area contributed by atoms with E-state index >= 15 is 0 Å². The van der Waals surface area contributed by atoms with Gasteiger partial charge in [0.15, 0.2) is 0 Å². The number of hydrogen-bond acceptors (Lipinski definition) is 4. The normalized spacial score (nSPS) is 9.46. The zero-order valence-corrected chi connectivity index (χ0v) is 6.77. The summed E-state index contributed by atoms with van der Waals surface area (Å²) < 4.78 is 0. The minimum atomic E-state index is -1.58. The van der Waals surface area contributed by atoms with Crippen LogP contribution in [-0.4, -0.2) is 23.1 Å².